The van der Waals surface area contributed by atoms with Crippen LogP contribution in [0.25, 0.3) is 0 Å². The molecule has 2 aromatic rings. The molecular weight excluding hydrogens is 298 g/mol. The molecule has 0 aliphatic carbocycles. The highest BCUT2D eigenvalue weighted by molar-refractivity contribution is 6.04. The monoisotopic (exact) mass is 323 g/mol. The molecule has 3 nitrogen and oxygen atoms in total. The van der Waals surface area contributed by atoms with Gasteiger partial charge in [0.2, 0.25) is 0 Å². The topological polar surface area (TPSA) is 38.3 Å². The summed E-state index contributed by atoms with van der Waals surface area (Å²) in [6.07, 6.45) is 5.37. The molecule has 0 heterocycles. The maximum absolute atomic E-state index is 12.2. The fraction of sp³-hybridized carbons (Fsp3) is 0.286. The average Bonchev–Trinajstić information content (AvgIpc) is 2.55. The van der Waals surface area contributed by atoms with Gasteiger partial charge >= 0.3 is 0 Å². The largest absolute Gasteiger partial charge is 0.494 e. The first-order valence-corrected chi connectivity index (χ1v) is 8.37. The fourth-order valence-corrected chi connectivity index (χ4v) is 2.42. The molecule has 0 fully saturated rings. The van der Waals surface area contributed by atoms with Gasteiger partial charge in [0, 0.05) is 23.5 Å². The number of hydrogen-bond donors (Lipinski definition) is 1. The number of unbranched alkanes of at least 4 members (excludes halogenated alkanes) is 1. The quantitative estimate of drug-likeness (QED) is 0.407. The molecule has 126 valence electrons. The first-order chi connectivity index (χ1) is 11.6. The summed E-state index contributed by atoms with van der Waals surface area (Å²) in [4.78, 5) is 12.2. The van der Waals surface area contributed by atoms with Gasteiger partial charge in [-0.1, -0.05) is 19.4 Å². The number of ketones is 1. The summed E-state index contributed by atoms with van der Waals surface area (Å²) in [6.45, 7) is 6.95. The minimum atomic E-state index is -0.0352. The Morgan fingerprint density at radius 1 is 1.08 bits per heavy atom. The number of anilines is 1. The molecule has 0 aliphatic heterocycles. The Labute approximate surface area is 144 Å². The maximum atomic E-state index is 12.2. The highest BCUT2D eigenvalue weighted by Gasteiger charge is 2.02. The lowest BCUT2D eigenvalue weighted by atomic mass is 10.1. The van der Waals surface area contributed by atoms with Crippen molar-refractivity contribution >= 4 is 11.5 Å². The predicted octanol–water partition coefficient (Wildman–Crippen LogP) is 5.29. The summed E-state index contributed by atoms with van der Waals surface area (Å²) in [6, 6.07) is 13.5. The number of benzene rings is 2. The molecule has 0 atom stereocenters. The van der Waals surface area contributed by atoms with Crippen LogP contribution in [-0.2, 0) is 0 Å². The number of ether oxygens (including phenoxy) is 1. The third-order valence-corrected chi connectivity index (χ3v) is 3.61. The van der Waals surface area contributed by atoms with Gasteiger partial charge in [0.1, 0.15) is 5.75 Å². The van der Waals surface area contributed by atoms with E-state index in [1.807, 2.05) is 24.3 Å². The number of allylic oxidation sites excluding steroid dienone is 1. The molecule has 0 aliphatic rings. The van der Waals surface area contributed by atoms with Gasteiger partial charge in [0.15, 0.2) is 5.78 Å². The number of hydrogen-bond acceptors (Lipinski definition) is 3. The Kier molecular flexibility index (Phi) is 6.62. The minimum absolute atomic E-state index is 0.0352. The van der Waals surface area contributed by atoms with E-state index in [2.05, 4.69) is 32.2 Å². The molecule has 0 radical (unpaired) electrons. The maximum Gasteiger partial charge on any atom is 0.187 e. The lowest BCUT2D eigenvalue weighted by Crippen LogP contribution is -1.99. The van der Waals surface area contributed by atoms with Gasteiger partial charge in [0.25, 0.3) is 0 Å². The Morgan fingerprint density at radius 2 is 1.75 bits per heavy atom. The van der Waals surface area contributed by atoms with Crippen LogP contribution in [0.2, 0.25) is 0 Å². The van der Waals surface area contributed by atoms with Crippen LogP contribution in [0.3, 0.4) is 0 Å². The molecule has 2 rings (SSSR count). The van der Waals surface area contributed by atoms with Crippen molar-refractivity contribution in [2.45, 2.75) is 33.6 Å². The summed E-state index contributed by atoms with van der Waals surface area (Å²) in [5, 5.41) is 3.15. The van der Waals surface area contributed by atoms with Crippen molar-refractivity contribution in [3.8, 4) is 5.75 Å². The molecule has 2 aromatic carbocycles. The normalized spacial score (nSPS) is 10.8. The zero-order valence-electron chi connectivity index (χ0n) is 14.6. The number of carbonyl (C=O) groups excluding carboxylic acids is 1. The summed E-state index contributed by atoms with van der Waals surface area (Å²) >= 11 is 0. The Bertz CT molecular complexity index is 682. The summed E-state index contributed by atoms with van der Waals surface area (Å²) < 4.78 is 5.60. The van der Waals surface area contributed by atoms with E-state index in [4.69, 9.17) is 4.74 Å². The van der Waals surface area contributed by atoms with E-state index in [0.29, 0.717) is 12.2 Å². The molecule has 0 saturated heterocycles. The van der Waals surface area contributed by atoms with Crippen molar-refractivity contribution in [3.05, 3.63) is 71.4 Å². The highest BCUT2D eigenvalue weighted by Crippen LogP contribution is 2.15. The lowest BCUT2D eigenvalue weighted by molar-refractivity contribution is 0.104. The van der Waals surface area contributed by atoms with Crippen LogP contribution in [0.1, 0.15) is 41.3 Å². The van der Waals surface area contributed by atoms with Crippen molar-refractivity contribution in [2.75, 3.05) is 11.9 Å². The van der Waals surface area contributed by atoms with Gasteiger partial charge < -0.3 is 10.1 Å². The molecule has 0 aromatic heterocycles. The average molecular weight is 323 g/mol. The smallest absolute Gasteiger partial charge is 0.187 e. The Balaban J connectivity index is 1.91. The first-order valence-electron chi connectivity index (χ1n) is 8.37. The Morgan fingerprint density at radius 3 is 2.38 bits per heavy atom. The molecule has 1 N–H and O–H groups in total. The number of aryl methyl sites for hydroxylation is 2. The third kappa shape index (κ3) is 5.58. The summed E-state index contributed by atoms with van der Waals surface area (Å²) in [7, 11) is 0. The number of rotatable bonds is 8. The zero-order valence-corrected chi connectivity index (χ0v) is 14.6. The van der Waals surface area contributed by atoms with Gasteiger partial charge in [-0.3, -0.25) is 4.79 Å². The third-order valence-electron chi connectivity index (χ3n) is 3.61. The van der Waals surface area contributed by atoms with Crippen LogP contribution in [0.15, 0.2) is 54.7 Å². The second kappa shape index (κ2) is 8.92. The van der Waals surface area contributed by atoms with E-state index >= 15 is 0 Å². The van der Waals surface area contributed by atoms with Gasteiger partial charge in [-0.25, -0.2) is 0 Å². The van der Waals surface area contributed by atoms with Crippen LogP contribution in [0.4, 0.5) is 5.69 Å². The van der Waals surface area contributed by atoms with E-state index in [9.17, 15) is 4.79 Å². The standard InChI is InChI=1S/C21H25NO2/c1-4-5-12-24-20-8-6-18(7-9-20)21(23)10-11-22-19-14-16(2)13-17(3)15-19/h6-11,13-15,22H,4-5,12H2,1-3H3/b11-10+. The molecule has 0 saturated carbocycles. The van der Waals surface area contributed by atoms with Gasteiger partial charge in [-0.2, -0.15) is 0 Å². The summed E-state index contributed by atoms with van der Waals surface area (Å²) in [5.41, 5.74) is 4.01. The molecule has 3 heteroatoms. The van der Waals surface area contributed by atoms with Crippen molar-refractivity contribution in [1.82, 2.24) is 0 Å². The van der Waals surface area contributed by atoms with E-state index in [1.165, 1.54) is 11.1 Å². The van der Waals surface area contributed by atoms with Crippen LogP contribution < -0.4 is 10.1 Å². The Hall–Kier alpha value is -2.55. The molecular formula is C21H25NO2. The first kappa shape index (κ1) is 17.8. The molecule has 0 amide bonds. The molecule has 0 unspecified atom stereocenters. The second-order valence-electron chi connectivity index (χ2n) is 5.94. The minimum Gasteiger partial charge on any atom is -0.494 e. The lowest BCUT2D eigenvalue weighted by Gasteiger charge is -2.06. The second-order valence-corrected chi connectivity index (χ2v) is 5.94. The van der Waals surface area contributed by atoms with Crippen LogP contribution in [0, 0.1) is 13.8 Å². The molecule has 0 bridgehead atoms. The van der Waals surface area contributed by atoms with E-state index in [-0.39, 0.29) is 5.78 Å². The number of carbonyl (C=O) groups is 1. The van der Waals surface area contributed by atoms with Crippen LogP contribution in [-0.4, -0.2) is 12.4 Å². The molecule has 0 spiro atoms. The fourth-order valence-electron chi connectivity index (χ4n) is 2.42. The zero-order chi connectivity index (χ0) is 17.4. The SMILES string of the molecule is CCCCOc1ccc(C(=O)/C=C/Nc2cc(C)cc(C)c2)cc1. The van der Waals surface area contributed by atoms with Gasteiger partial charge in [-0.05, 0) is 67.8 Å². The highest BCUT2D eigenvalue weighted by atomic mass is 16.5. The van der Waals surface area contributed by atoms with E-state index in [0.717, 1.165) is 24.3 Å². The number of nitrogens with one attached hydrogen (secondary N) is 1. The van der Waals surface area contributed by atoms with E-state index in [1.54, 1.807) is 24.4 Å². The van der Waals surface area contributed by atoms with Gasteiger partial charge in [-0.15, -0.1) is 0 Å². The van der Waals surface area contributed by atoms with E-state index < -0.39 is 0 Å². The van der Waals surface area contributed by atoms with Crippen molar-refractivity contribution in [2.24, 2.45) is 0 Å². The van der Waals surface area contributed by atoms with Gasteiger partial charge in [0.05, 0.1) is 6.61 Å². The summed E-state index contributed by atoms with van der Waals surface area (Å²) in [5.74, 6) is 0.768. The predicted molar refractivity (Wildman–Crippen MR) is 99.9 cm³/mol. The van der Waals surface area contributed by atoms with Crippen LogP contribution >= 0.6 is 0 Å². The van der Waals surface area contributed by atoms with Crippen molar-refractivity contribution in [3.63, 3.8) is 0 Å². The van der Waals surface area contributed by atoms with Crippen molar-refractivity contribution in [1.29, 1.82) is 0 Å². The van der Waals surface area contributed by atoms with Crippen molar-refractivity contribution < 1.29 is 9.53 Å². The van der Waals surface area contributed by atoms with Crippen LogP contribution in [0.5, 0.6) is 5.75 Å². The molecule has 24 heavy (non-hydrogen) atoms.